The predicted octanol–water partition coefficient (Wildman–Crippen LogP) is 4.53. The molecular weight excluding hydrogens is 353 g/mol. The lowest BCUT2D eigenvalue weighted by molar-refractivity contribution is 0.458. The molecule has 1 aromatic carbocycles. The van der Waals surface area contributed by atoms with Gasteiger partial charge in [-0.25, -0.2) is 0 Å². The Kier molecular flexibility index (Phi) is 4.50. The molecule has 1 aromatic rings. The van der Waals surface area contributed by atoms with Gasteiger partial charge in [-0.05, 0) is 44.6 Å². The van der Waals surface area contributed by atoms with Crippen molar-refractivity contribution in [1.82, 2.24) is 0 Å². The van der Waals surface area contributed by atoms with Crippen LogP contribution in [0.1, 0.15) is 31.4 Å². The maximum Gasteiger partial charge on any atom is 0.0803 e. The third-order valence-electron chi connectivity index (χ3n) is 3.61. The molecule has 0 atom stereocenters. The number of aryl methyl sites for hydroxylation is 1. The van der Waals surface area contributed by atoms with E-state index in [9.17, 15) is 0 Å². The quantitative estimate of drug-likeness (QED) is 0.527. The molecule has 96 valence electrons. The van der Waals surface area contributed by atoms with Crippen LogP contribution in [-0.4, -0.2) is 13.1 Å². The van der Waals surface area contributed by atoms with Gasteiger partial charge >= 0.3 is 0 Å². The molecule has 0 spiro atoms. The Bertz CT molecular complexity index is 499. The van der Waals surface area contributed by atoms with Crippen molar-refractivity contribution in [3.63, 3.8) is 0 Å². The van der Waals surface area contributed by atoms with Crippen LogP contribution in [0.25, 0.3) is 0 Å². The van der Waals surface area contributed by atoms with Gasteiger partial charge in [-0.1, -0.05) is 37.5 Å². The molecule has 0 fully saturated rings. The zero-order chi connectivity index (χ0) is 13.2. The second-order valence-electron chi connectivity index (χ2n) is 5.43. The lowest BCUT2D eigenvalue weighted by Gasteiger charge is -2.39. The van der Waals surface area contributed by atoms with Crippen LogP contribution >= 0.6 is 30.1 Å². The maximum atomic E-state index is 3.22. The number of nitrogens with zero attached hydrogens (tertiary/aromatic N) is 1. The Morgan fingerprint density at radius 3 is 2.94 bits per heavy atom. The summed E-state index contributed by atoms with van der Waals surface area (Å²) in [5.74, 6) is 3.22. The highest BCUT2D eigenvalue weighted by Crippen LogP contribution is 2.39. The van der Waals surface area contributed by atoms with E-state index in [0.29, 0.717) is 0 Å². The fourth-order valence-corrected chi connectivity index (χ4v) is 3.04. The molecule has 0 radical (unpaired) electrons. The molecule has 1 aliphatic heterocycles. The van der Waals surface area contributed by atoms with Crippen molar-refractivity contribution in [3.8, 4) is 11.2 Å². The Morgan fingerprint density at radius 1 is 1.44 bits per heavy atom. The highest BCUT2D eigenvalue weighted by molar-refractivity contribution is 14.2. The Labute approximate surface area is 126 Å². The van der Waals surface area contributed by atoms with Crippen LogP contribution in [0.3, 0.4) is 0 Å². The number of hydrogen-bond donors (Lipinski definition) is 0. The minimum atomic E-state index is 0.281. The molecule has 0 aliphatic carbocycles. The minimum absolute atomic E-state index is 0.281. The highest BCUT2D eigenvalue weighted by atomic mass is 127. The van der Waals surface area contributed by atoms with Crippen LogP contribution < -0.4 is 4.90 Å². The van der Waals surface area contributed by atoms with Crippen LogP contribution in [0.4, 0.5) is 5.69 Å². The fraction of sp³-hybridized carbons (Fsp3) is 0.467. The van der Waals surface area contributed by atoms with E-state index >= 15 is 0 Å². The van der Waals surface area contributed by atoms with Crippen molar-refractivity contribution in [3.05, 3.63) is 29.3 Å². The van der Waals surface area contributed by atoms with Crippen molar-refractivity contribution in [1.29, 1.82) is 0 Å². The molecule has 2 rings (SSSR count). The fourth-order valence-electron chi connectivity index (χ4n) is 2.46. The normalized spacial score (nSPS) is 16.8. The Morgan fingerprint density at radius 2 is 2.22 bits per heavy atom. The summed E-state index contributed by atoms with van der Waals surface area (Å²) in [6.45, 7) is 8.79. The van der Waals surface area contributed by atoms with Gasteiger partial charge in [-0.15, -0.1) is 0 Å². The van der Waals surface area contributed by atoms with Crippen LogP contribution in [0.2, 0.25) is 0 Å². The van der Waals surface area contributed by atoms with E-state index in [4.69, 9.17) is 0 Å². The first-order chi connectivity index (χ1) is 8.54. The van der Waals surface area contributed by atoms with E-state index in [1.807, 2.05) is 0 Å². The van der Waals surface area contributed by atoms with Crippen LogP contribution in [-0.2, 0) is 5.41 Å². The molecule has 0 N–H and O–H groups in total. The lowest BCUT2D eigenvalue weighted by atomic mass is 9.77. The molecule has 0 aromatic heterocycles. The van der Waals surface area contributed by atoms with Crippen LogP contribution in [0.5, 0.6) is 0 Å². The van der Waals surface area contributed by atoms with Gasteiger partial charge in [0.1, 0.15) is 0 Å². The van der Waals surface area contributed by atoms with Gasteiger partial charge in [-0.3, -0.25) is 0 Å². The first-order valence-corrected chi connectivity index (χ1v) is 9.52. The topological polar surface area (TPSA) is 3.24 Å². The lowest BCUT2D eigenvalue weighted by Crippen LogP contribution is -2.37. The van der Waals surface area contributed by atoms with E-state index in [2.05, 4.69) is 76.2 Å². The van der Waals surface area contributed by atoms with E-state index < -0.39 is 0 Å². The average molecular weight is 371 g/mol. The van der Waals surface area contributed by atoms with Crippen molar-refractivity contribution in [2.24, 2.45) is 0 Å². The Hall–Kier alpha value is -0.340. The summed E-state index contributed by atoms with van der Waals surface area (Å²) in [7, 11) is 1.56. The molecule has 1 heterocycles. The zero-order valence-electron chi connectivity index (χ0n) is 11.1. The average Bonchev–Trinajstić information content (AvgIpc) is 2.33. The molecular formula is C15H18INS. The third kappa shape index (κ3) is 2.97. The molecule has 0 saturated carbocycles. The van der Waals surface area contributed by atoms with Crippen molar-refractivity contribution in [2.45, 2.75) is 32.6 Å². The number of rotatable bonds is 1. The van der Waals surface area contributed by atoms with E-state index in [1.54, 1.807) is 8.93 Å². The molecule has 1 aliphatic rings. The van der Waals surface area contributed by atoms with Gasteiger partial charge in [0.2, 0.25) is 0 Å². The maximum absolute atomic E-state index is 3.22. The second kappa shape index (κ2) is 5.75. The van der Waals surface area contributed by atoms with E-state index in [0.717, 1.165) is 13.1 Å². The van der Waals surface area contributed by atoms with Gasteiger partial charge in [0.15, 0.2) is 0 Å². The zero-order valence-corrected chi connectivity index (χ0v) is 14.1. The second-order valence-corrected chi connectivity index (χ2v) is 7.11. The summed E-state index contributed by atoms with van der Waals surface area (Å²) in [6.07, 6.45) is 1.20. The summed E-state index contributed by atoms with van der Waals surface area (Å²) in [5, 5.41) is 3.07. The van der Waals surface area contributed by atoms with Gasteiger partial charge in [0, 0.05) is 33.4 Å². The molecule has 1 nitrogen and oxygen atoms in total. The van der Waals surface area contributed by atoms with Crippen molar-refractivity contribution >= 4 is 35.8 Å². The standard InChI is InChI=1S/C15H18INS/c1-12-5-6-14-13(11-12)15(2,3)7-9-17(14)8-4-10-18-16/h5-6,11H,7-9H2,1-3H3. The van der Waals surface area contributed by atoms with E-state index in [-0.39, 0.29) is 5.41 Å². The first kappa shape index (κ1) is 14.1. The number of fused-ring (bicyclic) bond motifs is 1. The Balaban J connectivity index is 2.34. The predicted molar refractivity (Wildman–Crippen MR) is 90.4 cm³/mol. The number of benzene rings is 1. The number of halogens is 1. The van der Waals surface area contributed by atoms with Gasteiger partial charge < -0.3 is 4.90 Å². The largest absolute Gasteiger partial charge is 0.360 e. The summed E-state index contributed by atoms with van der Waals surface area (Å²) in [4.78, 5) is 2.40. The molecule has 0 unspecified atom stereocenters. The highest BCUT2D eigenvalue weighted by Gasteiger charge is 2.30. The van der Waals surface area contributed by atoms with Crippen LogP contribution in [0.15, 0.2) is 18.2 Å². The smallest absolute Gasteiger partial charge is 0.0803 e. The SMILES string of the molecule is Cc1ccc2c(c1)C(C)(C)CCN2CC#CSI. The minimum Gasteiger partial charge on any atom is -0.360 e. The number of anilines is 1. The monoisotopic (exact) mass is 371 g/mol. The van der Waals surface area contributed by atoms with Crippen molar-refractivity contribution < 1.29 is 0 Å². The molecule has 3 heteroatoms. The van der Waals surface area contributed by atoms with Gasteiger partial charge in [0.25, 0.3) is 0 Å². The summed E-state index contributed by atoms with van der Waals surface area (Å²) >= 11 is 2.22. The van der Waals surface area contributed by atoms with Gasteiger partial charge in [-0.2, -0.15) is 0 Å². The summed E-state index contributed by atoms with van der Waals surface area (Å²) in [6, 6.07) is 6.79. The molecule has 18 heavy (non-hydrogen) atoms. The van der Waals surface area contributed by atoms with Crippen LogP contribution in [0, 0.1) is 18.1 Å². The summed E-state index contributed by atoms with van der Waals surface area (Å²) in [5.41, 5.74) is 4.46. The van der Waals surface area contributed by atoms with Crippen molar-refractivity contribution in [2.75, 3.05) is 18.0 Å². The molecule has 0 bridgehead atoms. The summed E-state index contributed by atoms with van der Waals surface area (Å²) < 4.78 is 0. The first-order valence-electron chi connectivity index (χ1n) is 6.16. The molecule has 0 saturated heterocycles. The van der Waals surface area contributed by atoms with E-state index in [1.165, 1.54) is 23.2 Å². The van der Waals surface area contributed by atoms with Gasteiger partial charge in [0.05, 0.1) is 6.54 Å². The number of hydrogen-bond acceptors (Lipinski definition) is 2. The molecule has 0 amide bonds. The third-order valence-corrected chi connectivity index (χ3v) is 4.49.